The van der Waals surface area contributed by atoms with E-state index in [0.717, 1.165) is 5.56 Å². The molecule has 1 aromatic carbocycles. The number of nitrogens with one attached hydrogen (secondary N) is 3. The summed E-state index contributed by atoms with van der Waals surface area (Å²) in [4.78, 5) is 34.8. The van der Waals surface area contributed by atoms with E-state index in [1.165, 1.54) is 0 Å². The van der Waals surface area contributed by atoms with E-state index >= 15 is 0 Å². The summed E-state index contributed by atoms with van der Waals surface area (Å²) in [6, 6.07) is 7.38. The Bertz CT molecular complexity index is 629. The smallest absolute Gasteiger partial charge is 0.408 e. The molecule has 0 saturated carbocycles. The number of alkyl carbamates (subject to hydrolysis) is 1. The maximum Gasteiger partial charge on any atom is 0.408 e. The van der Waals surface area contributed by atoms with Crippen LogP contribution in [0.15, 0.2) is 24.3 Å². The van der Waals surface area contributed by atoms with Gasteiger partial charge in [0, 0.05) is 24.5 Å². The van der Waals surface area contributed by atoms with Crippen molar-refractivity contribution in [1.82, 2.24) is 16.0 Å². The van der Waals surface area contributed by atoms with Crippen LogP contribution in [0.1, 0.15) is 32.8 Å². The molecule has 0 unspecified atom stereocenters. The van der Waals surface area contributed by atoms with Crippen LogP contribution in [0, 0.1) is 0 Å². The zero-order chi connectivity index (χ0) is 19.6. The molecular weight excluding hydrogens is 358 g/mol. The first-order valence-corrected chi connectivity index (χ1v) is 8.79. The Kier molecular flexibility index (Phi) is 8.92. The van der Waals surface area contributed by atoms with Crippen molar-refractivity contribution in [2.75, 3.05) is 19.6 Å². The topological polar surface area (TPSA) is 96.5 Å². The summed E-state index contributed by atoms with van der Waals surface area (Å²) in [6.07, 6.45) is 0.218. The van der Waals surface area contributed by atoms with E-state index in [1.54, 1.807) is 26.8 Å². The number of rotatable bonds is 8. The first-order chi connectivity index (χ1) is 12.2. The van der Waals surface area contributed by atoms with Crippen molar-refractivity contribution in [2.24, 2.45) is 0 Å². The largest absolute Gasteiger partial charge is 0.444 e. The van der Waals surface area contributed by atoms with Gasteiger partial charge in [-0.15, -0.1) is 0 Å². The number of aryl methyl sites for hydroxylation is 1. The Balaban J connectivity index is 2.12. The van der Waals surface area contributed by atoms with Crippen molar-refractivity contribution in [2.45, 2.75) is 39.2 Å². The third-order valence-corrected chi connectivity index (χ3v) is 3.51. The van der Waals surface area contributed by atoms with E-state index in [-0.39, 0.29) is 24.9 Å². The molecule has 3 amide bonds. The quantitative estimate of drug-likeness (QED) is 0.598. The zero-order valence-corrected chi connectivity index (χ0v) is 16.1. The Hall–Kier alpha value is -2.28. The van der Waals surface area contributed by atoms with Crippen LogP contribution in [-0.4, -0.2) is 43.1 Å². The van der Waals surface area contributed by atoms with Gasteiger partial charge in [-0.1, -0.05) is 29.8 Å². The van der Waals surface area contributed by atoms with Gasteiger partial charge in [0.1, 0.15) is 5.60 Å². The summed E-state index contributed by atoms with van der Waals surface area (Å²) < 4.78 is 5.02. The first-order valence-electron chi connectivity index (χ1n) is 8.41. The summed E-state index contributed by atoms with van der Waals surface area (Å²) in [6.45, 7) is 5.60. The second-order valence-corrected chi connectivity index (χ2v) is 7.05. The molecule has 0 saturated heterocycles. The molecule has 0 fully saturated rings. The molecule has 0 aliphatic heterocycles. The van der Waals surface area contributed by atoms with Gasteiger partial charge in [-0.05, 0) is 38.8 Å². The molecular formula is C18H26ClN3O4. The van der Waals surface area contributed by atoms with E-state index in [2.05, 4.69) is 16.0 Å². The van der Waals surface area contributed by atoms with Gasteiger partial charge < -0.3 is 20.7 Å². The van der Waals surface area contributed by atoms with Crippen LogP contribution in [0.3, 0.4) is 0 Å². The number of amides is 3. The molecule has 0 atom stereocenters. The van der Waals surface area contributed by atoms with Gasteiger partial charge >= 0.3 is 6.09 Å². The van der Waals surface area contributed by atoms with E-state index in [4.69, 9.17) is 16.3 Å². The predicted molar refractivity (Wildman–Crippen MR) is 100 cm³/mol. The van der Waals surface area contributed by atoms with Gasteiger partial charge in [-0.2, -0.15) is 0 Å². The zero-order valence-electron chi connectivity index (χ0n) is 15.4. The number of carbonyl (C=O) groups is 3. The number of hydrogen-bond donors (Lipinski definition) is 3. The molecule has 0 radical (unpaired) electrons. The molecule has 144 valence electrons. The highest BCUT2D eigenvalue weighted by Gasteiger charge is 2.16. The summed E-state index contributed by atoms with van der Waals surface area (Å²) in [5, 5.41) is 8.31. The summed E-state index contributed by atoms with van der Waals surface area (Å²) in [5.41, 5.74) is 0.306. The Morgan fingerprint density at radius 1 is 1.00 bits per heavy atom. The number of halogens is 1. The lowest BCUT2D eigenvalue weighted by molar-refractivity contribution is -0.122. The van der Waals surface area contributed by atoms with Crippen LogP contribution in [0.2, 0.25) is 5.02 Å². The molecule has 0 spiro atoms. The minimum absolute atomic E-state index is 0.119. The van der Waals surface area contributed by atoms with Gasteiger partial charge in [0.05, 0.1) is 6.54 Å². The maximum absolute atomic E-state index is 11.8. The highest BCUT2D eigenvalue weighted by molar-refractivity contribution is 6.31. The highest BCUT2D eigenvalue weighted by atomic mass is 35.5. The number of carbonyl (C=O) groups excluding carboxylic acids is 3. The molecule has 0 bridgehead atoms. The van der Waals surface area contributed by atoms with E-state index in [0.29, 0.717) is 24.4 Å². The fraction of sp³-hybridized carbons (Fsp3) is 0.500. The first kappa shape index (κ1) is 21.8. The lowest BCUT2D eigenvalue weighted by Crippen LogP contribution is -2.42. The number of ether oxygens (including phenoxy) is 1. The number of benzene rings is 1. The summed E-state index contributed by atoms with van der Waals surface area (Å²) in [5.74, 6) is -0.479. The monoisotopic (exact) mass is 383 g/mol. The molecule has 8 heteroatoms. The van der Waals surface area contributed by atoms with Crippen LogP contribution in [-0.2, 0) is 20.7 Å². The van der Waals surface area contributed by atoms with Crippen LogP contribution in [0.5, 0.6) is 0 Å². The maximum atomic E-state index is 11.8. The third kappa shape index (κ3) is 9.88. The standard InChI is InChI=1S/C18H26ClN3O4/c1-18(2,3)26-17(25)22-12-16(24)21-11-10-20-15(23)9-8-13-6-4-5-7-14(13)19/h4-7H,8-12H2,1-3H3,(H,20,23)(H,21,24)(H,22,25). The van der Waals surface area contributed by atoms with Crippen molar-refractivity contribution in [1.29, 1.82) is 0 Å². The molecule has 1 rings (SSSR count). The average Bonchev–Trinajstić information content (AvgIpc) is 2.54. The molecule has 0 heterocycles. The van der Waals surface area contributed by atoms with Gasteiger partial charge in [0.25, 0.3) is 0 Å². The van der Waals surface area contributed by atoms with Gasteiger partial charge in [0.2, 0.25) is 11.8 Å². The van der Waals surface area contributed by atoms with Crippen molar-refractivity contribution in [3.05, 3.63) is 34.9 Å². The van der Waals surface area contributed by atoms with Gasteiger partial charge in [-0.25, -0.2) is 4.79 Å². The number of hydrogen-bond acceptors (Lipinski definition) is 4. The van der Waals surface area contributed by atoms with Crippen LogP contribution >= 0.6 is 11.6 Å². The Morgan fingerprint density at radius 2 is 1.62 bits per heavy atom. The van der Waals surface area contributed by atoms with Crippen LogP contribution in [0.4, 0.5) is 4.79 Å². The predicted octanol–water partition coefficient (Wildman–Crippen LogP) is 2.03. The normalized spacial score (nSPS) is 10.8. The van der Waals surface area contributed by atoms with E-state index in [9.17, 15) is 14.4 Å². The summed E-state index contributed by atoms with van der Waals surface area (Å²) >= 11 is 6.04. The lowest BCUT2D eigenvalue weighted by atomic mass is 10.1. The molecule has 26 heavy (non-hydrogen) atoms. The fourth-order valence-electron chi connectivity index (χ4n) is 1.97. The highest BCUT2D eigenvalue weighted by Crippen LogP contribution is 2.16. The van der Waals surface area contributed by atoms with Crippen LogP contribution in [0.25, 0.3) is 0 Å². The Labute approximate surface area is 158 Å². The summed E-state index contributed by atoms with van der Waals surface area (Å²) in [7, 11) is 0. The van der Waals surface area contributed by atoms with Crippen molar-refractivity contribution in [3.63, 3.8) is 0 Å². The van der Waals surface area contributed by atoms with Crippen LogP contribution < -0.4 is 16.0 Å². The fourth-order valence-corrected chi connectivity index (χ4v) is 2.20. The van der Waals surface area contributed by atoms with Gasteiger partial charge in [0.15, 0.2) is 0 Å². The molecule has 0 aromatic heterocycles. The SMILES string of the molecule is CC(C)(C)OC(=O)NCC(=O)NCCNC(=O)CCc1ccccc1Cl. The third-order valence-electron chi connectivity index (χ3n) is 3.14. The molecule has 0 aliphatic rings. The van der Waals surface area contributed by atoms with Crippen molar-refractivity contribution in [3.8, 4) is 0 Å². The molecule has 0 aliphatic carbocycles. The van der Waals surface area contributed by atoms with E-state index < -0.39 is 11.7 Å². The van der Waals surface area contributed by atoms with Crippen molar-refractivity contribution < 1.29 is 19.1 Å². The lowest BCUT2D eigenvalue weighted by Gasteiger charge is -2.19. The van der Waals surface area contributed by atoms with Gasteiger partial charge in [-0.3, -0.25) is 9.59 Å². The molecule has 1 aromatic rings. The van der Waals surface area contributed by atoms with E-state index in [1.807, 2.05) is 18.2 Å². The second kappa shape index (κ2) is 10.7. The van der Waals surface area contributed by atoms with Crippen molar-refractivity contribution >= 4 is 29.5 Å². The Morgan fingerprint density at radius 3 is 2.23 bits per heavy atom. The second-order valence-electron chi connectivity index (χ2n) is 6.65. The minimum Gasteiger partial charge on any atom is -0.444 e. The average molecular weight is 384 g/mol. The minimum atomic E-state index is -0.652. The molecule has 3 N–H and O–H groups in total. The molecule has 7 nitrogen and oxygen atoms in total.